The summed E-state index contributed by atoms with van der Waals surface area (Å²) in [6, 6.07) is 3.79. The lowest BCUT2D eigenvalue weighted by Gasteiger charge is -2.10. The second-order valence-corrected chi connectivity index (χ2v) is 4.50. The molecule has 5 heteroatoms. The highest BCUT2D eigenvalue weighted by Crippen LogP contribution is 2.12. The first-order chi connectivity index (χ1) is 8.50. The smallest absolute Gasteiger partial charge is 0.253 e. The van der Waals surface area contributed by atoms with E-state index in [0.717, 1.165) is 25.5 Å². The number of nitrogens with one attached hydrogen (secondary N) is 1. The number of hydrogen-bond donors (Lipinski definition) is 2. The minimum atomic E-state index is -0.435. The Bertz CT molecular complexity index is 407. The van der Waals surface area contributed by atoms with Crippen LogP contribution < -0.4 is 11.1 Å². The van der Waals surface area contributed by atoms with Crippen LogP contribution in [-0.2, 0) is 0 Å². The molecular formula is C13H20FN3O. The van der Waals surface area contributed by atoms with Gasteiger partial charge in [-0.3, -0.25) is 4.79 Å². The molecule has 1 aromatic carbocycles. The molecule has 3 N–H and O–H groups in total. The maximum atomic E-state index is 12.8. The fourth-order valence-electron chi connectivity index (χ4n) is 1.59. The molecular weight excluding hydrogens is 233 g/mol. The van der Waals surface area contributed by atoms with Crippen LogP contribution in [-0.4, -0.2) is 38.0 Å². The van der Waals surface area contributed by atoms with Crippen LogP contribution in [0.25, 0.3) is 0 Å². The normalized spacial score (nSPS) is 10.7. The standard InChI is InChI=1S/C13H20FN3O/c1-17(2)8-4-3-7-16-13(18)11-6-5-10(14)9-12(11)15/h5-6,9H,3-4,7-8,15H2,1-2H3,(H,16,18). The summed E-state index contributed by atoms with van der Waals surface area (Å²) in [5.41, 5.74) is 6.08. The first-order valence-electron chi connectivity index (χ1n) is 5.98. The van der Waals surface area contributed by atoms with Crippen LogP contribution in [0.2, 0.25) is 0 Å². The minimum Gasteiger partial charge on any atom is -0.398 e. The van der Waals surface area contributed by atoms with E-state index in [2.05, 4.69) is 10.2 Å². The molecule has 100 valence electrons. The molecule has 0 aliphatic rings. The summed E-state index contributed by atoms with van der Waals surface area (Å²) < 4.78 is 12.8. The van der Waals surface area contributed by atoms with Crippen molar-refractivity contribution in [2.45, 2.75) is 12.8 Å². The Morgan fingerprint density at radius 1 is 1.39 bits per heavy atom. The highest BCUT2D eigenvalue weighted by molar-refractivity contribution is 5.99. The van der Waals surface area contributed by atoms with Crippen LogP contribution in [0.1, 0.15) is 23.2 Å². The molecule has 0 atom stereocenters. The van der Waals surface area contributed by atoms with E-state index in [0.29, 0.717) is 12.1 Å². The number of amides is 1. The predicted octanol–water partition coefficient (Wildman–Crippen LogP) is 1.48. The quantitative estimate of drug-likeness (QED) is 0.596. The average Bonchev–Trinajstić information content (AvgIpc) is 2.27. The molecule has 1 rings (SSSR count). The number of carbonyl (C=O) groups excluding carboxylic acids is 1. The van der Waals surface area contributed by atoms with Crippen LogP contribution >= 0.6 is 0 Å². The van der Waals surface area contributed by atoms with Crippen molar-refractivity contribution in [3.05, 3.63) is 29.6 Å². The molecule has 1 amide bonds. The van der Waals surface area contributed by atoms with Crippen LogP contribution in [0.3, 0.4) is 0 Å². The molecule has 0 saturated carbocycles. The van der Waals surface area contributed by atoms with Gasteiger partial charge in [-0.15, -0.1) is 0 Å². The number of nitrogens with zero attached hydrogens (tertiary/aromatic N) is 1. The molecule has 0 unspecified atom stereocenters. The maximum Gasteiger partial charge on any atom is 0.253 e. The number of benzene rings is 1. The van der Waals surface area contributed by atoms with Crippen molar-refractivity contribution in [2.75, 3.05) is 32.9 Å². The molecule has 0 radical (unpaired) electrons. The first kappa shape index (κ1) is 14.4. The van der Waals surface area contributed by atoms with Crippen molar-refractivity contribution < 1.29 is 9.18 Å². The lowest BCUT2D eigenvalue weighted by molar-refractivity contribution is 0.0953. The van der Waals surface area contributed by atoms with Gasteiger partial charge in [0.15, 0.2) is 0 Å². The highest BCUT2D eigenvalue weighted by Gasteiger charge is 2.09. The number of nitrogen functional groups attached to an aromatic ring is 1. The van der Waals surface area contributed by atoms with E-state index in [9.17, 15) is 9.18 Å². The van der Waals surface area contributed by atoms with Crippen molar-refractivity contribution >= 4 is 11.6 Å². The summed E-state index contributed by atoms with van der Waals surface area (Å²) in [5, 5.41) is 2.77. The van der Waals surface area contributed by atoms with Gasteiger partial charge in [0.1, 0.15) is 5.82 Å². The Hall–Kier alpha value is -1.62. The van der Waals surface area contributed by atoms with Gasteiger partial charge < -0.3 is 16.0 Å². The summed E-state index contributed by atoms with van der Waals surface area (Å²) in [7, 11) is 4.02. The largest absolute Gasteiger partial charge is 0.398 e. The fourth-order valence-corrected chi connectivity index (χ4v) is 1.59. The monoisotopic (exact) mass is 253 g/mol. The van der Waals surface area contributed by atoms with Gasteiger partial charge >= 0.3 is 0 Å². The summed E-state index contributed by atoms with van der Waals surface area (Å²) in [5.74, 6) is -0.688. The van der Waals surface area contributed by atoms with Crippen molar-refractivity contribution in [1.29, 1.82) is 0 Å². The third-order valence-corrected chi connectivity index (χ3v) is 2.58. The number of unbranched alkanes of at least 4 members (excludes halogenated alkanes) is 1. The number of halogens is 1. The van der Waals surface area contributed by atoms with Gasteiger partial charge in [0, 0.05) is 12.2 Å². The number of rotatable bonds is 6. The zero-order valence-electron chi connectivity index (χ0n) is 10.9. The zero-order valence-corrected chi connectivity index (χ0v) is 10.9. The molecule has 1 aromatic rings. The molecule has 0 heterocycles. The molecule has 0 aliphatic carbocycles. The Morgan fingerprint density at radius 3 is 2.72 bits per heavy atom. The van der Waals surface area contributed by atoms with E-state index in [-0.39, 0.29) is 11.6 Å². The Labute approximate surface area is 107 Å². The second-order valence-electron chi connectivity index (χ2n) is 4.50. The summed E-state index contributed by atoms with van der Waals surface area (Å²) in [6.45, 7) is 1.60. The molecule has 4 nitrogen and oxygen atoms in total. The van der Waals surface area contributed by atoms with Gasteiger partial charge in [0.2, 0.25) is 0 Å². The summed E-state index contributed by atoms with van der Waals surface area (Å²) >= 11 is 0. The Balaban J connectivity index is 2.36. The fraction of sp³-hybridized carbons (Fsp3) is 0.462. The van der Waals surface area contributed by atoms with Gasteiger partial charge in [-0.2, -0.15) is 0 Å². The number of nitrogens with two attached hydrogens (primary N) is 1. The Morgan fingerprint density at radius 2 is 2.11 bits per heavy atom. The molecule has 0 aromatic heterocycles. The average molecular weight is 253 g/mol. The third-order valence-electron chi connectivity index (χ3n) is 2.58. The number of anilines is 1. The van der Waals surface area contributed by atoms with Gasteiger partial charge in [-0.05, 0) is 51.7 Å². The lowest BCUT2D eigenvalue weighted by Crippen LogP contribution is -2.26. The minimum absolute atomic E-state index is 0.167. The Kier molecular flexibility index (Phi) is 5.58. The second kappa shape index (κ2) is 6.96. The molecule has 18 heavy (non-hydrogen) atoms. The van der Waals surface area contributed by atoms with E-state index in [1.165, 1.54) is 12.1 Å². The van der Waals surface area contributed by atoms with Gasteiger partial charge in [-0.1, -0.05) is 0 Å². The topological polar surface area (TPSA) is 58.4 Å². The van der Waals surface area contributed by atoms with Crippen molar-refractivity contribution in [3.63, 3.8) is 0 Å². The van der Waals surface area contributed by atoms with E-state index in [1.54, 1.807) is 0 Å². The van der Waals surface area contributed by atoms with Crippen molar-refractivity contribution in [2.24, 2.45) is 0 Å². The lowest BCUT2D eigenvalue weighted by atomic mass is 10.1. The van der Waals surface area contributed by atoms with E-state index in [4.69, 9.17) is 5.73 Å². The van der Waals surface area contributed by atoms with Gasteiger partial charge in [-0.25, -0.2) is 4.39 Å². The van der Waals surface area contributed by atoms with E-state index in [1.807, 2.05) is 14.1 Å². The van der Waals surface area contributed by atoms with Crippen LogP contribution in [0.5, 0.6) is 0 Å². The predicted molar refractivity (Wildman–Crippen MR) is 70.9 cm³/mol. The summed E-state index contributed by atoms with van der Waals surface area (Å²) in [6.07, 6.45) is 1.93. The number of carbonyl (C=O) groups is 1. The van der Waals surface area contributed by atoms with Gasteiger partial charge in [0.25, 0.3) is 5.91 Å². The molecule has 0 spiro atoms. The maximum absolute atomic E-state index is 12.8. The van der Waals surface area contributed by atoms with Crippen molar-refractivity contribution in [1.82, 2.24) is 10.2 Å². The van der Waals surface area contributed by atoms with Crippen LogP contribution in [0.15, 0.2) is 18.2 Å². The van der Waals surface area contributed by atoms with Crippen LogP contribution in [0.4, 0.5) is 10.1 Å². The molecule has 0 bridgehead atoms. The SMILES string of the molecule is CN(C)CCCCNC(=O)c1ccc(F)cc1N. The third kappa shape index (κ3) is 4.71. The molecule has 0 fully saturated rings. The summed E-state index contributed by atoms with van der Waals surface area (Å²) in [4.78, 5) is 13.8. The van der Waals surface area contributed by atoms with E-state index >= 15 is 0 Å². The number of hydrogen-bond acceptors (Lipinski definition) is 3. The molecule has 0 saturated heterocycles. The van der Waals surface area contributed by atoms with Crippen molar-refractivity contribution in [3.8, 4) is 0 Å². The van der Waals surface area contributed by atoms with Gasteiger partial charge in [0.05, 0.1) is 5.56 Å². The van der Waals surface area contributed by atoms with E-state index < -0.39 is 5.82 Å². The highest BCUT2D eigenvalue weighted by atomic mass is 19.1. The first-order valence-corrected chi connectivity index (χ1v) is 5.98. The molecule has 0 aliphatic heterocycles. The zero-order chi connectivity index (χ0) is 13.5. The van der Waals surface area contributed by atoms with Crippen LogP contribution in [0, 0.1) is 5.82 Å².